The molecule has 5 aliphatic rings. The van der Waals surface area contributed by atoms with Crippen LogP contribution in [0.4, 0.5) is 0 Å². The van der Waals surface area contributed by atoms with Gasteiger partial charge in [0.25, 0.3) is 0 Å². The minimum Gasteiger partial charge on any atom is -0.396 e. The highest BCUT2D eigenvalue weighted by atomic mass is 16.7. The van der Waals surface area contributed by atoms with Crippen LogP contribution in [0.1, 0.15) is 73.1 Å². The monoisotopic (exact) mass is 1620 g/mol. The smallest absolute Gasteiger partial charge is 0.248 e. The summed E-state index contributed by atoms with van der Waals surface area (Å²) in [5.74, 6) is -0.112. The molecule has 43 heteroatoms. The van der Waals surface area contributed by atoms with Gasteiger partial charge in [0.1, 0.15) is 35.9 Å². The van der Waals surface area contributed by atoms with E-state index in [1.807, 2.05) is 0 Å². The zero-order valence-corrected chi connectivity index (χ0v) is 64.7. The van der Waals surface area contributed by atoms with E-state index in [1.54, 1.807) is 6.92 Å². The van der Waals surface area contributed by atoms with Gasteiger partial charge in [-0.2, -0.15) is 0 Å². The van der Waals surface area contributed by atoms with Crippen molar-refractivity contribution >= 4 is 47.3 Å². The maximum atomic E-state index is 13.7. The lowest BCUT2D eigenvalue weighted by Gasteiger charge is -2.82. The van der Waals surface area contributed by atoms with Gasteiger partial charge >= 0.3 is 0 Å². The molecule has 12 unspecified atom stereocenters. The molecule has 0 bridgehead atoms. The Morgan fingerprint density at radius 1 is 0.518 bits per heavy atom. The molecular weight excluding hydrogens is 1500 g/mol. The molecule has 43 nitrogen and oxygen atoms in total. The van der Waals surface area contributed by atoms with Gasteiger partial charge in [0.15, 0.2) is 25.2 Å². The van der Waals surface area contributed by atoms with Gasteiger partial charge in [-0.05, 0) is 33.1 Å². The number of aliphatic hydroxyl groups is 9. The Balaban J connectivity index is 1.06. The first-order valence-electron chi connectivity index (χ1n) is 37.7. The van der Waals surface area contributed by atoms with E-state index in [1.165, 1.54) is 27.7 Å². The summed E-state index contributed by atoms with van der Waals surface area (Å²) >= 11 is 0. The molecule has 0 aromatic carbocycles. The lowest BCUT2D eigenvalue weighted by atomic mass is 9.32. The van der Waals surface area contributed by atoms with E-state index in [0.717, 1.165) is 0 Å². The van der Waals surface area contributed by atoms with Crippen molar-refractivity contribution in [3.63, 3.8) is 0 Å². The van der Waals surface area contributed by atoms with Crippen LogP contribution in [0.3, 0.4) is 0 Å². The largest absolute Gasteiger partial charge is 0.396 e. The van der Waals surface area contributed by atoms with Gasteiger partial charge in [0.2, 0.25) is 47.3 Å². The third kappa shape index (κ3) is 29.4. The number of carbonyl (C=O) groups is 8. The number of ether oxygens (including phenoxy) is 16. The van der Waals surface area contributed by atoms with Crippen molar-refractivity contribution in [1.29, 1.82) is 0 Å². The van der Waals surface area contributed by atoms with Crippen LogP contribution in [0, 0.1) is 22.7 Å². The van der Waals surface area contributed by atoms with Gasteiger partial charge in [-0.1, -0.05) is 0 Å². The van der Waals surface area contributed by atoms with Crippen molar-refractivity contribution in [2.75, 3.05) is 211 Å². The van der Waals surface area contributed by atoms with Gasteiger partial charge in [0.05, 0.1) is 218 Å². The zero-order chi connectivity index (χ0) is 82.2. The van der Waals surface area contributed by atoms with Crippen LogP contribution >= 0.6 is 0 Å². The summed E-state index contributed by atoms with van der Waals surface area (Å²) in [6.45, 7) is 5.67. The topological polar surface area (TPSA) is 598 Å². The molecular formula is C69H123N9O34. The normalized spacial score (nSPS) is 26.9. The first kappa shape index (κ1) is 97.3. The average molecular weight is 1620 g/mol. The van der Waals surface area contributed by atoms with Gasteiger partial charge < -0.3 is 164 Å². The number of nitrogens with two attached hydrogens (primary N) is 1. The van der Waals surface area contributed by atoms with Crippen LogP contribution < -0.4 is 48.4 Å². The number of unbranched alkanes of at least 4 members (excludes halogenated alkanes) is 1. The fraction of sp³-hybridized carbons (Fsp3) is 0.884. The molecule has 8 amide bonds. The molecule has 0 spiro atoms. The highest BCUT2D eigenvalue weighted by Crippen LogP contribution is 2.72. The van der Waals surface area contributed by atoms with Gasteiger partial charge in [-0.25, -0.2) is 5.90 Å². The predicted octanol–water partition coefficient (Wildman–Crippen LogP) is -9.18. The third-order valence-corrected chi connectivity index (χ3v) is 19.4. The Bertz CT molecular complexity index is 2800. The summed E-state index contributed by atoms with van der Waals surface area (Å²) < 4.78 is 91.6. The van der Waals surface area contributed by atoms with Crippen molar-refractivity contribution in [3.8, 4) is 0 Å². The number of rotatable bonds is 67. The Labute approximate surface area is 650 Å². The maximum Gasteiger partial charge on any atom is 0.248 e. The number of amides is 8. The molecule has 0 aromatic rings. The standard InChI is InChI=1S/C69H123N9O34/c1-44(82)48(36-79)60(95)110-55(35-75-45(2)83)106-31-28-99-25-22-96-19-12-72-50(87)8-16-103-41-66(78-54(91)37-102-15-7-6-11-71-53(90)38-109-70,42-104-17-9-51(88)73-13-20-97-23-26-100-29-32-107-63-65(5,76-46(3)84)61(111-63)67(39-80)34-49(86)58(67)93)43-105-18-10-52(89)74-14-21-98-24-27-101-30-33-108-64-69(77-47(4)85)57-56(92)59(94)68(57,40-81)62(69)112-64/h44,48-49,55-64,79-82,86,92-95H,6-43,70H2,1-5H3,(H,71,90)(H,72,87)(H,73,88)(H,74,89)(H,75,83)(H,76,84)(H,77,85)(H,78,91)/t44-,48?,49?,55-,56?,57?,58-,59-,60?,61?,62?,63-,64-,65?,66?,67?,68?,69?/m1/s1. The molecule has 0 aromatic heterocycles. The summed E-state index contributed by atoms with van der Waals surface area (Å²) in [5.41, 5.74) is -5.99. The van der Waals surface area contributed by atoms with Crippen LogP contribution in [0.2, 0.25) is 0 Å². The SMILES string of the molecule is CC(=O)NC[C@H](OCCOCCOCCNC(=O)CCOCC(COCCC(=O)NCCOCCOCCO[C@@H]1OC(C2(CO)CC(O)[C@H]2O)C1(C)NC(C)=O)(COCCC(=O)NCCOCCOCCO[C@@H]1OC2C3(CO)C(C(O)[C@H]3O)C21NC(C)=O)NC(=O)COCCCCNC(=O)CON)OC(O)C(CO)[C@@H](C)O. The van der Waals surface area contributed by atoms with E-state index in [4.69, 9.17) is 81.7 Å². The molecule has 5 fully saturated rings. The highest BCUT2D eigenvalue weighted by Gasteiger charge is 2.91. The van der Waals surface area contributed by atoms with Crippen molar-refractivity contribution in [1.82, 2.24) is 42.5 Å². The Morgan fingerprint density at radius 2 is 1.01 bits per heavy atom. The maximum absolute atomic E-state index is 13.7. The van der Waals surface area contributed by atoms with Crippen LogP contribution in [-0.2, 0) is 119 Å². The number of hydrogen-bond acceptors (Lipinski definition) is 35. The molecule has 2 heterocycles. The van der Waals surface area contributed by atoms with Gasteiger partial charge in [-0.3, -0.25) is 43.2 Å². The highest BCUT2D eigenvalue weighted by molar-refractivity contribution is 5.79. The molecule has 18 atom stereocenters. The van der Waals surface area contributed by atoms with E-state index in [0.29, 0.717) is 19.4 Å². The second kappa shape index (κ2) is 51.0. The molecule has 3 aliphatic carbocycles. The van der Waals surface area contributed by atoms with Crippen molar-refractivity contribution in [3.05, 3.63) is 0 Å². The summed E-state index contributed by atoms with van der Waals surface area (Å²) in [4.78, 5) is 104. The first-order valence-corrected chi connectivity index (χ1v) is 37.7. The van der Waals surface area contributed by atoms with E-state index >= 15 is 0 Å². The van der Waals surface area contributed by atoms with Crippen molar-refractivity contribution in [2.45, 2.75) is 158 Å². The van der Waals surface area contributed by atoms with Crippen LogP contribution in [0.5, 0.6) is 0 Å². The molecule has 0 radical (unpaired) electrons. The van der Waals surface area contributed by atoms with Crippen molar-refractivity contribution in [2.24, 2.45) is 28.6 Å². The lowest BCUT2D eigenvalue weighted by Crippen LogP contribution is -3.01. The fourth-order valence-electron chi connectivity index (χ4n) is 13.8. The predicted molar refractivity (Wildman–Crippen MR) is 381 cm³/mol. The van der Waals surface area contributed by atoms with E-state index < -0.39 is 163 Å². The average Bonchev–Trinajstić information content (AvgIpc) is 0.624. The van der Waals surface area contributed by atoms with Crippen LogP contribution in [-0.4, -0.2) is 389 Å². The number of fused-ring (bicyclic) bond motifs is 4. The van der Waals surface area contributed by atoms with E-state index in [9.17, 15) is 84.3 Å². The van der Waals surface area contributed by atoms with E-state index in [-0.39, 0.29) is 222 Å². The number of carbonyl (C=O) groups excluding carboxylic acids is 8. The minimum absolute atomic E-state index is 0.0192. The third-order valence-electron chi connectivity index (χ3n) is 19.4. The zero-order valence-electron chi connectivity index (χ0n) is 64.7. The molecule has 648 valence electrons. The summed E-state index contributed by atoms with van der Waals surface area (Å²) in [6, 6.07) is 0. The number of nitrogens with one attached hydrogen (secondary N) is 8. The second-order valence-electron chi connectivity index (χ2n) is 28.0. The van der Waals surface area contributed by atoms with E-state index in [2.05, 4.69) is 47.4 Å². The second-order valence-corrected chi connectivity index (χ2v) is 28.0. The molecule has 2 aliphatic heterocycles. The summed E-state index contributed by atoms with van der Waals surface area (Å²) in [6.07, 6.45) is -11.3. The number of hydrogen-bond donors (Lipinski definition) is 18. The Hall–Kier alpha value is -5.32. The minimum atomic E-state index is -1.59. The van der Waals surface area contributed by atoms with Crippen LogP contribution in [0.25, 0.3) is 0 Å². The quantitative estimate of drug-likeness (QED) is 0.0153. The number of aliphatic hydroxyl groups excluding tert-OH is 9. The molecule has 3 saturated carbocycles. The van der Waals surface area contributed by atoms with Gasteiger partial charge in [0, 0.05) is 78.7 Å². The Kier molecular flexibility index (Phi) is 44.3. The summed E-state index contributed by atoms with van der Waals surface area (Å²) in [7, 11) is 0. The lowest BCUT2D eigenvalue weighted by molar-refractivity contribution is -0.496. The summed E-state index contributed by atoms with van der Waals surface area (Å²) in [5, 5.41) is 113. The molecule has 112 heavy (non-hydrogen) atoms. The molecule has 19 N–H and O–H groups in total. The fourth-order valence-corrected chi connectivity index (χ4v) is 13.8. The Morgan fingerprint density at radius 3 is 1.47 bits per heavy atom. The van der Waals surface area contributed by atoms with Crippen LogP contribution in [0.15, 0.2) is 0 Å². The van der Waals surface area contributed by atoms with Crippen molar-refractivity contribution < 1.29 is 165 Å². The molecule has 5 rings (SSSR count). The van der Waals surface area contributed by atoms with Gasteiger partial charge in [-0.15, -0.1) is 0 Å². The first-order chi connectivity index (χ1) is 53.7. The molecule has 2 saturated heterocycles.